The Balaban J connectivity index is 3.47. The Kier molecular flexibility index (Phi) is 16.6. The van der Waals surface area contributed by atoms with Crippen LogP contribution in [0.3, 0.4) is 0 Å². The Bertz CT molecular complexity index is 320. The van der Waals surface area contributed by atoms with Gasteiger partial charge in [-0.25, -0.2) is 0 Å². The molecule has 0 rings (SSSR count). The van der Waals surface area contributed by atoms with E-state index in [1.165, 1.54) is 69.5 Å². The summed E-state index contributed by atoms with van der Waals surface area (Å²) in [6, 6.07) is 0. The minimum Gasteiger partial charge on any atom is -0.550 e. The average Bonchev–Trinajstić information content (AvgIpc) is 2.53. The first-order chi connectivity index (χ1) is 11.6. The molecule has 0 heterocycles. The third-order valence-electron chi connectivity index (χ3n) is 4.26. The summed E-state index contributed by atoms with van der Waals surface area (Å²) in [5.41, 5.74) is 0. The van der Waals surface area contributed by atoms with Gasteiger partial charge in [0.2, 0.25) is 0 Å². The largest absolute Gasteiger partial charge is 0.550 e. The maximum absolute atomic E-state index is 11.1. The van der Waals surface area contributed by atoms with Gasteiger partial charge in [-0.2, -0.15) is 11.8 Å². The maximum atomic E-state index is 11.1. The Labute approximate surface area is 151 Å². The summed E-state index contributed by atoms with van der Waals surface area (Å²) in [7, 11) is 0. The van der Waals surface area contributed by atoms with Gasteiger partial charge in [0.1, 0.15) is 0 Å². The van der Waals surface area contributed by atoms with Crippen LogP contribution in [0.2, 0.25) is 0 Å². The highest BCUT2D eigenvalue weighted by atomic mass is 32.2. The molecule has 0 amide bonds. The van der Waals surface area contributed by atoms with Crippen LogP contribution in [0.5, 0.6) is 0 Å². The summed E-state index contributed by atoms with van der Waals surface area (Å²) in [6.45, 7) is 2.23. The molecule has 0 aromatic heterocycles. The van der Waals surface area contributed by atoms with Crippen LogP contribution in [0.25, 0.3) is 0 Å². The zero-order valence-electron chi connectivity index (χ0n) is 15.2. The third-order valence-corrected chi connectivity index (χ3v) is 5.39. The van der Waals surface area contributed by atoms with Crippen molar-refractivity contribution >= 4 is 23.7 Å². The van der Waals surface area contributed by atoms with E-state index in [1.54, 1.807) is 0 Å². The summed E-state index contributed by atoms with van der Waals surface area (Å²) in [4.78, 5) is 21.4. The van der Waals surface area contributed by atoms with Crippen molar-refractivity contribution in [3.05, 3.63) is 0 Å². The molecule has 1 unspecified atom stereocenters. The average molecular weight is 359 g/mol. The van der Waals surface area contributed by atoms with E-state index in [1.807, 2.05) is 0 Å². The van der Waals surface area contributed by atoms with Gasteiger partial charge in [-0.1, -0.05) is 77.6 Å². The molecule has 0 aromatic rings. The van der Waals surface area contributed by atoms with Gasteiger partial charge in [0, 0.05) is 23.6 Å². The van der Waals surface area contributed by atoms with Crippen LogP contribution in [-0.2, 0) is 9.59 Å². The van der Waals surface area contributed by atoms with Crippen molar-refractivity contribution in [2.75, 3.05) is 11.5 Å². The van der Waals surface area contributed by atoms with E-state index in [4.69, 9.17) is 0 Å². The number of carboxylic acid groups (broad SMARTS) is 2. The molecule has 0 radical (unpaired) electrons. The van der Waals surface area contributed by atoms with Crippen LogP contribution < -0.4 is 10.2 Å². The minimum absolute atomic E-state index is 0.0249. The van der Waals surface area contributed by atoms with E-state index in [-0.39, 0.29) is 6.42 Å². The molecule has 0 saturated carbocycles. The predicted octanol–water partition coefficient (Wildman–Crippen LogP) is 2.93. The van der Waals surface area contributed by atoms with Crippen LogP contribution in [-0.4, -0.2) is 23.4 Å². The second-order valence-electron chi connectivity index (χ2n) is 6.54. The van der Waals surface area contributed by atoms with Crippen molar-refractivity contribution in [1.82, 2.24) is 0 Å². The molecule has 1 atom stereocenters. The van der Waals surface area contributed by atoms with Crippen molar-refractivity contribution in [3.63, 3.8) is 0 Å². The molecule has 0 saturated heterocycles. The molecule has 0 aliphatic rings. The van der Waals surface area contributed by atoms with Crippen LogP contribution in [0.1, 0.15) is 90.4 Å². The fourth-order valence-electron chi connectivity index (χ4n) is 2.71. The number of carbonyl (C=O) groups excluding carboxylic acids is 2. The fourth-order valence-corrected chi connectivity index (χ4v) is 3.77. The van der Waals surface area contributed by atoms with Crippen LogP contribution in [0.15, 0.2) is 0 Å². The van der Waals surface area contributed by atoms with Gasteiger partial charge < -0.3 is 19.8 Å². The number of unbranched alkanes of at least 4 members (excludes halogenated alkanes) is 10. The zero-order valence-corrected chi connectivity index (χ0v) is 16.0. The Hall–Kier alpha value is -0.710. The molecule has 4 nitrogen and oxygen atoms in total. The summed E-state index contributed by atoms with van der Waals surface area (Å²) in [5, 5.41) is 21.4. The van der Waals surface area contributed by atoms with Crippen molar-refractivity contribution in [1.29, 1.82) is 0 Å². The molecule has 142 valence electrons. The fraction of sp³-hybridized carbons (Fsp3) is 0.895. The Morgan fingerprint density at radius 3 is 1.79 bits per heavy atom. The first kappa shape index (κ1) is 23.3. The van der Waals surface area contributed by atoms with Crippen LogP contribution in [0.4, 0.5) is 0 Å². The molecular weight excluding hydrogens is 324 g/mol. The predicted molar refractivity (Wildman–Crippen MR) is 96.5 cm³/mol. The summed E-state index contributed by atoms with van der Waals surface area (Å²) in [5.74, 6) is -1.71. The zero-order chi connectivity index (χ0) is 18.0. The molecule has 0 bridgehead atoms. The van der Waals surface area contributed by atoms with Crippen molar-refractivity contribution in [2.24, 2.45) is 5.92 Å². The minimum atomic E-state index is -1.09. The van der Waals surface area contributed by atoms with E-state index in [9.17, 15) is 19.8 Å². The summed E-state index contributed by atoms with van der Waals surface area (Å²) in [6.07, 6.45) is 14.3. The highest BCUT2D eigenvalue weighted by Gasteiger charge is 2.09. The number of aliphatic carboxylic acids is 2. The number of hydrogen-bond acceptors (Lipinski definition) is 5. The van der Waals surface area contributed by atoms with Crippen molar-refractivity contribution in [3.8, 4) is 0 Å². The standard InChI is InChI=1S/C19H36O4S/c1-2-3-4-5-6-7-8-9-10-11-12-13-17(19(22)23)16-24-15-14-18(20)21/h17H,2-16H2,1H3,(H,20,21)(H,22,23)/p-2. The highest BCUT2D eigenvalue weighted by Crippen LogP contribution is 2.18. The lowest BCUT2D eigenvalue weighted by molar-refractivity contribution is -0.311. The van der Waals surface area contributed by atoms with Gasteiger partial charge in [-0.15, -0.1) is 0 Å². The molecule has 0 spiro atoms. The number of carboxylic acids is 2. The number of hydrogen-bond donors (Lipinski definition) is 0. The molecule has 0 aliphatic heterocycles. The lowest BCUT2D eigenvalue weighted by Crippen LogP contribution is -2.33. The number of rotatable bonds is 18. The van der Waals surface area contributed by atoms with Gasteiger partial charge in [-0.3, -0.25) is 0 Å². The normalized spacial score (nSPS) is 12.2. The van der Waals surface area contributed by atoms with E-state index in [2.05, 4.69) is 6.92 Å². The molecule has 0 aromatic carbocycles. The monoisotopic (exact) mass is 358 g/mol. The molecule has 5 heteroatoms. The van der Waals surface area contributed by atoms with Gasteiger partial charge in [-0.05, 0) is 18.6 Å². The quantitative estimate of drug-likeness (QED) is 0.352. The van der Waals surface area contributed by atoms with Gasteiger partial charge in [0.25, 0.3) is 0 Å². The van der Waals surface area contributed by atoms with E-state index < -0.39 is 17.9 Å². The van der Waals surface area contributed by atoms with Gasteiger partial charge in [0.15, 0.2) is 0 Å². The first-order valence-corrected chi connectivity index (χ1v) is 10.7. The number of thioether (sulfide) groups is 1. The summed E-state index contributed by atoms with van der Waals surface area (Å²) >= 11 is 1.36. The second-order valence-corrected chi connectivity index (χ2v) is 7.69. The molecular formula is C19H34O4S-2. The highest BCUT2D eigenvalue weighted by molar-refractivity contribution is 7.99. The molecule has 0 N–H and O–H groups in total. The Morgan fingerprint density at radius 2 is 1.33 bits per heavy atom. The Morgan fingerprint density at radius 1 is 0.833 bits per heavy atom. The number of carbonyl (C=O) groups is 2. The lowest BCUT2D eigenvalue weighted by Gasteiger charge is -2.17. The van der Waals surface area contributed by atoms with Crippen LogP contribution >= 0.6 is 11.8 Å². The van der Waals surface area contributed by atoms with E-state index in [0.717, 1.165) is 12.8 Å². The molecule has 0 fully saturated rings. The topological polar surface area (TPSA) is 80.3 Å². The van der Waals surface area contributed by atoms with Gasteiger partial charge >= 0.3 is 0 Å². The second kappa shape index (κ2) is 17.1. The SMILES string of the molecule is CCCCCCCCCCCCCC(CSCCC(=O)[O-])C(=O)[O-]. The van der Waals surface area contributed by atoms with Crippen molar-refractivity contribution in [2.45, 2.75) is 90.4 Å². The molecule has 24 heavy (non-hydrogen) atoms. The first-order valence-electron chi connectivity index (χ1n) is 9.56. The maximum Gasteiger partial charge on any atom is 0.0453 e. The third kappa shape index (κ3) is 16.2. The van der Waals surface area contributed by atoms with E-state index in [0.29, 0.717) is 17.9 Å². The van der Waals surface area contributed by atoms with Gasteiger partial charge in [0.05, 0.1) is 0 Å². The summed E-state index contributed by atoms with van der Waals surface area (Å²) < 4.78 is 0. The van der Waals surface area contributed by atoms with Crippen LogP contribution in [0, 0.1) is 5.92 Å². The molecule has 0 aliphatic carbocycles. The smallest absolute Gasteiger partial charge is 0.0453 e. The van der Waals surface area contributed by atoms with Crippen molar-refractivity contribution < 1.29 is 19.8 Å². The lowest BCUT2D eigenvalue weighted by atomic mass is 10.0. The van der Waals surface area contributed by atoms with E-state index >= 15 is 0 Å².